The molecule has 23 heavy (non-hydrogen) atoms. The second kappa shape index (κ2) is 9.57. The van der Waals surface area contributed by atoms with Crippen molar-refractivity contribution >= 4 is 5.97 Å². The molecule has 2 fully saturated rings. The first-order chi connectivity index (χ1) is 11.1. The first-order valence-electron chi connectivity index (χ1n) is 9.21. The van der Waals surface area contributed by atoms with Gasteiger partial charge in [0.25, 0.3) is 0 Å². The van der Waals surface area contributed by atoms with Crippen molar-refractivity contribution in [2.75, 3.05) is 72.0 Å². The molecule has 6 heteroatoms. The number of carboxylic acid groups (broad SMARTS) is 1. The lowest BCUT2D eigenvalue weighted by Gasteiger charge is -2.38. The summed E-state index contributed by atoms with van der Waals surface area (Å²) in [4.78, 5) is 20.8. The lowest BCUT2D eigenvalue weighted by molar-refractivity contribution is -0.138. The van der Waals surface area contributed by atoms with Crippen LogP contribution in [0.25, 0.3) is 0 Å². The van der Waals surface area contributed by atoms with Crippen molar-refractivity contribution in [1.82, 2.24) is 19.6 Å². The molecule has 2 rings (SSSR count). The molecule has 0 spiro atoms. The fraction of sp³-hybridized carbons (Fsp3) is 0.941. The average molecular weight is 326 g/mol. The van der Waals surface area contributed by atoms with Gasteiger partial charge in [-0.25, -0.2) is 0 Å². The van der Waals surface area contributed by atoms with E-state index in [0.29, 0.717) is 6.04 Å². The van der Waals surface area contributed by atoms with Crippen molar-refractivity contribution in [2.24, 2.45) is 0 Å². The molecule has 0 aromatic carbocycles. The molecule has 1 N–H and O–H groups in total. The largest absolute Gasteiger partial charge is 0.480 e. The van der Waals surface area contributed by atoms with E-state index in [2.05, 4.69) is 33.4 Å². The van der Waals surface area contributed by atoms with Crippen LogP contribution in [-0.2, 0) is 4.79 Å². The van der Waals surface area contributed by atoms with Crippen LogP contribution in [0.3, 0.4) is 0 Å². The van der Waals surface area contributed by atoms with Crippen LogP contribution in [0.5, 0.6) is 0 Å². The molecule has 2 bridgehead atoms. The van der Waals surface area contributed by atoms with E-state index in [0.717, 1.165) is 65.3 Å². The van der Waals surface area contributed by atoms with Crippen LogP contribution < -0.4 is 0 Å². The summed E-state index contributed by atoms with van der Waals surface area (Å²) in [7, 11) is 0. The quantitative estimate of drug-likeness (QED) is 0.815. The molecule has 6 nitrogen and oxygen atoms in total. The van der Waals surface area contributed by atoms with Gasteiger partial charge in [0.2, 0.25) is 0 Å². The standard InChI is InChI=1S/C17H34N4O2/c1-3-21-9-5-6-18-10-12-19(14-16(21)2)7-4-8-20(13-11-18)15-17(22)23/h16H,3-15H2,1-2H3,(H,22,23). The van der Waals surface area contributed by atoms with Gasteiger partial charge in [-0.1, -0.05) is 6.92 Å². The summed E-state index contributed by atoms with van der Waals surface area (Å²) in [6.07, 6.45) is 2.27. The number of rotatable bonds is 3. The van der Waals surface area contributed by atoms with Crippen molar-refractivity contribution in [3.8, 4) is 0 Å². The topological polar surface area (TPSA) is 50.3 Å². The predicted molar refractivity (Wildman–Crippen MR) is 92.9 cm³/mol. The van der Waals surface area contributed by atoms with E-state index < -0.39 is 5.97 Å². The monoisotopic (exact) mass is 326 g/mol. The lowest BCUT2D eigenvalue weighted by atomic mass is 10.2. The molecule has 2 heterocycles. The van der Waals surface area contributed by atoms with Gasteiger partial charge in [-0.05, 0) is 45.9 Å². The smallest absolute Gasteiger partial charge is 0.317 e. The van der Waals surface area contributed by atoms with Crippen LogP contribution in [0.2, 0.25) is 0 Å². The molecule has 3 unspecified atom stereocenters. The highest BCUT2D eigenvalue weighted by Crippen LogP contribution is 2.09. The molecule has 2 aliphatic heterocycles. The Balaban J connectivity index is 2.01. The van der Waals surface area contributed by atoms with Gasteiger partial charge in [0.1, 0.15) is 0 Å². The van der Waals surface area contributed by atoms with Gasteiger partial charge in [-0.3, -0.25) is 14.6 Å². The summed E-state index contributed by atoms with van der Waals surface area (Å²) in [6, 6.07) is 0.601. The van der Waals surface area contributed by atoms with Gasteiger partial charge in [-0.15, -0.1) is 0 Å². The van der Waals surface area contributed by atoms with Gasteiger partial charge in [0.15, 0.2) is 0 Å². The Kier molecular flexibility index (Phi) is 7.76. The fourth-order valence-corrected chi connectivity index (χ4v) is 3.85. The third kappa shape index (κ3) is 6.37. The van der Waals surface area contributed by atoms with Crippen molar-refractivity contribution in [2.45, 2.75) is 32.7 Å². The number of aliphatic carboxylic acids is 1. The average Bonchev–Trinajstić information content (AvgIpc) is 2.51. The Labute approximate surface area is 141 Å². The zero-order chi connectivity index (χ0) is 16.7. The van der Waals surface area contributed by atoms with Gasteiger partial charge in [0, 0.05) is 45.3 Å². The number of hydrogen-bond acceptors (Lipinski definition) is 5. The summed E-state index contributed by atoms with van der Waals surface area (Å²) in [5.74, 6) is -0.709. The molecule has 3 atom stereocenters. The van der Waals surface area contributed by atoms with Crippen molar-refractivity contribution in [1.29, 1.82) is 0 Å². The van der Waals surface area contributed by atoms with E-state index in [1.807, 2.05) is 0 Å². The van der Waals surface area contributed by atoms with Gasteiger partial charge < -0.3 is 14.9 Å². The van der Waals surface area contributed by atoms with Gasteiger partial charge >= 0.3 is 5.97 Å². The van der Waals surface area contributed by atoms with Gasteiger partial charge in [0.05, 0.1) is 6.54 Å². The molecule has 0 saturated carbocycles. The normalized spacial score (nSPS) is 32.5. The van der Waals surface area contributed by atoms with E-state index in [1.165, 1.54) is 13.0 Å². The number of likely N-dealkylation sites (N-methyl/N-ethyl adjacent to an activating group) is 1. The second-order valence-corrected chi connectivity index (χ2v) is 7.00. The third-order valence-corrected chi connectivity index (χ3v) is 5.24. The van der Waals surface area contributed by atoms with E-state index in [4.69, 9.17) is 5.11 Å². The maximum absolute atomic E-state index is 11.0. The highest BCUT2D eigenvalue weighted by atomic mass is 16.4. The number of carboxylic acids is 1. The van der Waals surface area contributed by atoms with Crippen LogP contribution in [0.1, 0.15) is 26.7 Å². The Bertz CT molecular complexity index is 367. The van der Waals surface area contributed by atoms with Crippen LogP contribution in [0.15, 0.2) is 0 Å². The minimum absolute atomic E-state index is 0.174. The molecule has 134 valence electrons. The van der Waals surface area contributed by atoms with Crippen LogP contribution in [0, 0.1) is 0 Å². The van der Waals surface area contributed by atoms with E-state index >= 15 is 0 Å². The minimum Gasteiger partial charge on any atom is -0.480 e. The number of carbonyl (C=O) groups is 1. The summed E-state index contributed by atoms with van der Waals surface area (Å²) in [5, 5.41) is 9.09. The Hall–Kier alpha value is -0.690. The molecule has 0 aromatic heterocycles. The summed E-state index contributed by atoms with van der Waals surface area (Å²) in [5.41, 5.74) is 0. The zero-order valence-corrected chi connectivity index (χ0v) is 14.9. The summed E-state index contributed by atoms with van der Waals surface area (Å²) in [6.45, 7) is 15.4. The molecular weight excluding hydrogens is 292 g/mol. The van der Waals surface area contributed by atoms with Crippen molar-refractivity contribution < 1.29 is 9.90 Å². The molecule has 0 radical (unpaired) electrons. The Morgan fingerprint density at radius 2 is 1.61 bits per heavy atom. The Morgan fingerprint density at radius 3 is 2.35 bits per heavy atom. The minimum atomic E-state index is -0.709. The van der Waals surface area contributed by atoms with Crippen LogP contribution >= 0.6 is 0 Å². The van der Waals surface area contributed by atoms with Crippen molar-refractivity contribution in [3.63, 3.8) is 0 Å². The van der Waals surface area contributed by atoms with E-state index in [1.54, 1.807) is 0 Å². The molecular formula is C17H34N4O2. The Morgan fingerprint density at radius 1 is 0.957 bits per heavy atom. The van der Waals surface area contributed by atoms with Crippen LogP contribution in [-0.4, -0.2) is 109 Å². The lowest BCUT2D eigenvalue weighted by Crippen LogP contribution is -2.50. The highest BCUT2D eigenvalue weighted by Gasteiger charge is 2.21. The van der Waals surface area contributed by atoms with Crippen LogP contribution in [0.4, 0.5) is 0 Å². The zero-order valence-electron chi connectivity index (χ0n) is 14.9. The molecule has 0 aliphatic carbocycles. The maximum atomic E-state index is 11.0. The second-order valence-electron chi connectivity index (χ2n) is 7.00. The van der Waals surface area contributed by atoms with E-state index in [9.17, 15) is 4.79 Å². The molecule has 0 amide bonds. The summed E-state index contributed by atoms with van der Waals surface area (Å²) >= 11 is 0. The number of hydrogen-bond donors (Lipinski definition) is 1. The molecule has 2 aliphatic rings. The SMILES string of the molecule is CCN1CCCN2CCN(CC(=O)O)CCCN(CC2)CC1C. The fourth-order valence-electron chi connectivity index (χ4n) is 3.85. The highest BCUT2D eigenvalue weighted by molar-refractivity contribution is 5.69. The predicted octanol–water partition coefficient (Wildman–Crippen LogP) is 0.495. The van der Waals surface area contributed by atoms with Gasteiger partial charge in [-0.2, -0.15) is 0 Å². The van der Waals surface area contributed by atoms with Crippen molar-refractivity contribution in [3.05, 3.63) is 0 Å². The maximum Gasteiger partial charge on any atom is 0.317 e. The number of fused-ring (bicyclic) bond motifs is 3. The summed E-state index contributed by atoms with van der Waals surface area (Å²) < 4.78 is 0. The first kappa shape index (κ1) is 18.6. The van der Waals surface area contributed by atoms with E-state index in [-0.39, 0.29) is 6.54 Å². The number of nitrogens with zero attached hydrogens (tertiary/aromatic N) is 4. The first-order valence-corrected chi connectivity index (χ1v) is 9.21. The molecule has 0 aromatic rings. The molecule has 2 saturated heterocycles. The third-order valence-electron chi connectivity index (χ3n) is 5.24.